The zero-order chi connectivity index (χ0) is 12.4. The van der Waals surface area contributed by atoms with Crippen molar-refractivity contribution >= 4 is 11.7 Å². The number of rotatable bonds is 3. The number of aromatic nitrogens is 1. The molecule has 1 aliphatic carbocycles. The van der Waals surface area contributed by atoms with Crippen LogP contribution in [0.25, 0.3) is 0 Å². The molecule has 0 unspecified atom stereocenters. The highest BCUT2D eigenvalue weighted by Gasteiger charge is 2.27. The van der Waals surface area contributed by atoms with E-state index >= 15 is 0 Å². The van der Waals surface area contributed by atoms with E-state index in [0.29, 0.717) is 11.4 Å². The van der Waals surface area contributed by atoms with Crippen LogP contribution in [0.15, 0.2) is 12.3 Å². The topological polar surface area (TPSA) is 45.2 Å². The molecule has 1 N–H and O–H groups in total. The molecule has 1 heterocycles. The first kappa shape index (κ1) is 11.8. The van der Waals surface area contributed by atoms with Gasteiger partial charge in [0, 0.05) is 20.1 Å². The van der Waals surface area contributed by atoms with Crippen LogP contribution in [0.1, 0.15) is 29.6 Å². The van der Waals surface area contributed by atoms with Gasteiger partial charge in [0.1, 0.15) is 11.6 Å². The highest BCUT2D eigenvalue weighted by atomic mass is 19.1. The van der Waals surface area contributed by atoms with Crippen molar-refractivity contribution in [3.05, 3.63) is 23.6 Å². The molecule has 0 aromatic carbocycles. The number of halogens is 1. The van der Waals surface area contributed by atoms with Crippen LogP contribution >= 0.6 is 0 Å². The molecule has 0 spiro atoms. The Labute approximate surface area is 99.8 Å². The molecule has 0 aliphatic heterocycles. The van der Waals surface area contributed by atoms with Gasteiger partial charge in [-0.15, -0.1) is 0 Å². The Balaban J connectivity index is 2.25. The van der Waals surface area contributed by atoms with E-state index in [0.717, 1.165) is 25.5 Å². The van der Waals surface area contributed by atoms with Crippen LogP contribution in [0.5, 0.6) is 0 Å². The standard InChI is InChI=1S/C12H16FN3O/c1-14-11-10(6-8(13)7-15-11)12(17)16(2)9-4-3-5-9/h6-7,9H,3-5H2,1-2H3,(H,14,15). The van der Waals surface area contributed by atoms with Crippen molar-refractivity contribution in [2.45, 2.75) is 25.3 Å². The summed E-state index contributed by atoms with van der Waals surface area (Å²) in [6.07, 6.45) is 4.31. The van der Waals surface area contributed by atoms with E-state index in [1.165, 1.54) is 6.07 Å². The molecule has 17 heavy (non-hydrogen) atoms. The zero-order valence-corrected chi connectivity index (χ0v) is 10.0. The lowest BCUT2D eigenvalue weighted by Gasteiger charge is -2.34. The Morgan fingerprint density at radius 2 is 2.29 bits per heavy atom. The number of nitrogens with zero attached hydrogens (tertiary/aromatic N) is 2. The summed E-state index contributed by atoms with van der Waals surface area (Å²) >= 11 is 0. The number of pyridine rings is 1. The Bertz CT molecular complexity index is 432. The third-order valence-corrected chi connectivity index (χ3v) is 3.26. The molecule has 1 saturated carbocycles. The molecule has 1 fully saturated rings. The third kappa shape index (κ3) is 2.23. The lowest BCUT2D eigenvalue weighted by atomic mass is 9.91. The van der Waals surface area contributed by atoms with Gasteiger partial charge in [-0.2, -0.15) is 0 Å². The maximum Gasteiger partial charge on any atom is 0.257 e. The van der Waals surface area contributed by atoms with Gasteiger partial charge in [0.05, 0.1) is 11.8 Å². The van der Waals surface area contributed by atoms with E-state index in [2.05, 4.69) is 10.3 Å². The van der Waals surface area contributed by atoms with Crippen molar-refractivity contribution in [3.63, 3.8) is 0 Å². The van der Waals surface area contributed by atoms with Gasteiger partial charge in [0.25, 0.3) is 5.91 Å². The van der Waals surface area contributed by atoms with Crippen molar-refractivity contribution in [3.8, 4) is 0 Å². The summed E-state index contributed by atoms with van der Waals surface area (Å²) < 4.78 is 13.1. The second-order valence-electron chi connectivity index (χ2n) is 4.30. The average molecular weight is 237 g/mol. The van der Waals surface area contributed by atoms with E-state index in [1.54, 1.807) is 19.0 Å². The molecule has 92 valence electrons. The molecule has 5 heteroatoms. The van der Waals surface area contributed by atoms with Gasteiger partial charge in [0.2, 0.25) is 0 Å². The van der Waals surface area contributed by atoms with E-state index in [1.807, 2.05) is 0 Å². The predicted molar refractivity (Wildman–Crippen MR) is 63.5 cm³/mol. The van der Waals surface area contributed by atoms with Crippen molar-refractivity contribution < 1.29 is 9.18 Å². The van der Waals surface area contributed by atoms with Crippen LogP contribution in [-0.4, -0.2) is 35.9 Å². The number of carbonyl (C=O) groups excluding carboxylic acids is 1. The van der Waals surface area contributed by atoms with Crippen molar-refractivity contribution in [1.82, 2.24) is 9.88 Å². The highest BCUT2D eigenvalue weighted by molar-refractivity contribution is 5.98. The van der Waals surface area contributed by atoms with Crippen LogP contribution in [0.3, 0.4) is 0 Å². The van der Waals surface area contributed by atoms with Gasteiger partial charge < -0.3 is 10.2 Å². The van der Waals surface area contributed by atoms with E-state index in [9.17, 15) is 9.18 Å². The molecule has 2 rings (SSSR count). The number of hydrogen-bond acceptors (Lipinski definition) is 3. The van der Waals surface area contributed by atoms with Gasteiger partial charge in [-0.25, -0.2) is 9.37 Å². The number of anilines is 1. The smallest absolute Gasteiger partial charge is 0.257 e. The number of amides is 1. The molecule has 0 saturated heterocycles. The fourth-order valence-corrected chi connectivity index (χ4v) is 1.93. The molecular formula is C12H16FN3O. The van der Waals surface area contributed by atoms with Crippen LogP contribution in [-0.2, 0) is 0 Å². The van der Waals surface area contributed by atoms with Crippen LogP contribution in [0, 0.1) is 5.82 Å². The van der Waals surface area contributed by atoms with Crippen molar-refractivity contribution in [2.75, 3.05) is 19.4 Å². The monoisotopic (exact) mass is 237 g/mol. The summed E-state index contributed by atoms with van der Waals surface area (Å²) in [5, 5.41) is 2.81. The lowest BCUT2D eigenvalue weighted by molar-refractivity contribution is 0.0652. The largest absolute Gasteiger partial charge is 0.372 e. The summed E-state index contributed by atoms with van der Waals surface area (Å²) in [6, 6.07) is 1.52. The molecule has 0 atom stereocenters. The lowest BCUT2D eigenvalue weighted by Crippen LogP contribution is -2.41. The van der Waals surface area contributed by atoms with E-state index in [-0.39, 0.29) is 11.9 Å². The fraction of sp³-hybridized carbons (Fsp3) is 0.500. The first-order valence-electron chi connectivity index (χ1n) is 5.74. The molecule has 0 bridgehead atoms. The second kappa shape index (κ2) is 4.69. The SMILES string of the molecule is CNc1ncc(F)cc1C(=O)N(C)C1CCC1. The Kier molecular flexibility index (Phi) is 3.26. The number of carbonyl (C=O) groups is 1. The molecule has 0 radical (unpaired) electrons. The summed E-state index contributed by atoms with van der Waals surface area (Å²) in [5.41, 5.74) is 0.293. The van der Waals surface area contributed by atoms with Crippen LogP contribution < -0.4 is 5.32 Å². The third-order valence-electron chi connectivity index (χ3n) is 3.26. The maximum absolute atomic E-state index is 13.1. The van der Waals surface area contributed by atoms with Crippen molar-refractivity contribution in [1.29, 1.82) is 0 Å². The number of hydrogen-bond donors (Lipinski definition) is 1. The molecule has 1 amide bonds. The van der Waals surface area contributed by atoms with E-state index in [4.69, 9.17) is 0 Å². The highest BCUT2D eigenvalue weighted by Crippen LogP contribution is 2.26. The molecular weight excluding hydrogens is 221 g/mol. The summed E-state index contributed by atoms with van der Waals surface area (Å²) in [4.78, 5) is 17.7. The summed E-state index contributed by atoms with van der Waals surface area (Å²) in [6.45, 7) is 0. The molecule has 4 nitrogen and oxygen atoms in total. The van der Waals surface area contributed by atoms with Crippen molar-refractivity contribution in [2.24, 2.45) is 0 Å². The van der Waals surface area contributed by atoms with Gasteiger partial charge >= 0.3 is 0 Å². The molecule has 1 aromatic heterocycles. The normalized spacial score (nSPS) is 15.2. The number of nitrogens with one attached hydrogen (secondary N) is 1. The maximum atomic E-state index is 13.1. The Morgan fingerprint density at radius 3 is 2.82 bits per heavy atom. The fourth-order valence-electron chi connectivity index (χ4n) is 1.93. The summed E-state index contributed by atoms with van der Waals surface area (Å²) in [5.74, 6) is -0.247. The van der Waals surface area contributed by atoms with Gasteiger partial charge in [0.15, 0.2) is 0 Å². The Morgan fingerprint density at radius 1 is 1.59 bits per heavy atom. The molecule has 1 aliphatic rings. The van der Waals surface area contributed by atoms with Gasteiger partial charge in [-0.1, -0.05) is 0 Å². The van der Waals surface area contributed by atoms with Crippen LogP contribution in [0.2, 0.25) is 0 Å². The summed E-state index contributed by atoms with van der Waals surface area (Å²) in [7, 11) is 3.43. The minimum Gasteiger partial charge on any atom is -0.372 e. The van der Waals surface area contributed by atoms with Gasteiger partial charge in [-0.05, 0) is 25.3 Å². The van der Waals surface area contributed by atoms with Gasteiger partial charge in [-0.3, -0.25) is 4.79 Å². The first-order valence-corrected chi connectivity index (χ1v) is 5.74. The quantitative estimate of drug-likeness (QED) is 0.873. The van der Waals surface area contributed by atoms with Crippen LogP contribution in [0.4, 0.5) is 10.2 Å². The first-order chi connectivity index (χ1) is 8.13. The Hall–Kier alpha value is -1.65. The zero-order valence-electron chi connectivity index (χ0n) is 10.0. The minimum absolute atomic E-state index is 0.175. The second-order valence-corrected chi connectivity index (χ2v) is 4.30. The molecule has 1 aromatic rings. The average Bonchev–Trinajstić information content (AvgIpc) is 2.25. The minimum atomic E-state index is -0.491. The van der Waals surface area contributed by atoms with E-state index < -0.39 is 5.82 Å². The predicted octanol–water partition coefficient (Wildman–Crippen LogP) is 1.89.